The van der Waals surface area contributed by atoms with Gasteiger partial charge in [-0.05, 0) is 33.8 Å². The van der Waals surface area contributed by atoms with Crippen LogP contribution in [0.2, 0.25) is 10.0 Å². The molecule has 1 aromatic carbocycles. The second-order valence-electron chi connectivity index (χ2n) is 3.91. The van der Waals surface area contributed by atoms with Crippen LogP contribution in [0.15, 0.2) is 24.3 Å². The molecule has 0 unspecified atom stereocenters. The zero-order valence-corrected chi connectivity index (χ0v) is 16.3. The molecule has 0 spiro atoms. The van der Waals surface area contributed by atoms with E-state index >= 15 is 0 Å². The van der Waals surface area contributed by atoms with E-state index in [0.29, 0.717) is 10.0 Å². The summed E-state index contributed by atoms with van der Waals surface area (Å²) in [4.78, 5) is 0. The molecule has 1 rings (SSSR count). The van der Waals surface area contributed by atoms with Crippen molar-refractivity contribution in [1.29, 1.82) is 0 Å². The highest BCUT2D eigenvalue weighted by atomic mass is 127. The molecule has 0 aliphatic carbocycles. The summed E-state index contributed by atoms with van der Waals surface area (Å²) in [6.07, 6.45) is 8.66. The molecular formula is C14H20Cl2I2. The van der Waals surface area contributed by atoms with Crippen LogP contribution in [0.4, 0.5) is 0 Å². The molecule has 0 nitrogen and oxygen atoms in total. The quantitative estimate of drug-likeness (QED) is 0.206. The van der Waals surface area contributed by atoms with Gasteiger partial charge in [0.1, 0.15) is 0 Å². The second-order valence-corrected chi connectivity index (χ2v) is 6.89. The van der Waals surface area contributed by atoms with Crippen LogP contribution in [0.1, 0.15) is 38.5 Å². The number of halogens is 4. The second kappa shape index (κ2) is 14.7. The fourth-order valence-corrected chi connectivity index (χ4v) is 2.69. The van der Waals surface area contributed by atoms with E-state index in [9.17, 15) is 0 Å². The van der Waals surface area contributed by atoms with Crippen molar-refractivity contribution in [3.05, 3.63) is 34.3 Å². The third-order valence-electron chi connectivity index (χ3n) is 2.34. The maximum absolute atomic E-state index is 5.58. The van der Waals surface area contributed by atoms with Gasteiger partial charge in [-0.3, -0.25) is 0 Å². The molecule has 0 atom stereocenters. The lowest BCUT2D eigenvalue weighted by Crippen LogP contribution is -1.80. The van der Waals surface area contributed by atoms with Crippen molar-refractivity contribution in [3.63, 3.8) is 0 Å². The average molecular weight is 513 g/mol. The molecule has 1 aromatic rings. The van der Waals surface area contributed by atoms with Crippen molar-refractivity contribution in [2.75, 3.05) is 8.86 Å². The number of unbranched alkanes of at least 4 members (excludes halogenated alkanes) is 5. The van der Waals surface area contributed by atoms with Crippen molar-refractivity contribution in [1.82, 2.24) is 0 Å². The minimum absolute atomic E-state index is 0.606. The Balaban J connectivity index is 0.000000327. The Morgan fingerprint density at radius 1 is 0.667 bits per heavy atom. The molecular weight excluding hydrogens is 493 g/mol. The fourth-order valence-electron chi connectivity index (χ4n) is 1.34. The topological polar surface area (TPSA) is 0 Å². The van der Waals surface area contributed by atoms with Gasteiger partial charge < -0.3 is 0 Å². The predicted octanol–water partition coefficient (Wildman–Crippen LogP) is 7.19. The van der Waals surface area contributed by atoms with Crippen molar-refractivity contribution < 1.29 is 0 Å². The largest absolute Gasteiger partial charge is 0.0864 e. The molecule has 0 amide bonds. The third-order valence-corrected chi connectivity index (χ3v) is 4.62. The normalized spacial score (nSPS) is 9.78. The van der Waals surface area contributed by atoms with Crippen LogP contribution in [0.3, 0.4) is 0 Å². The molecule has 4 heteroatoms. The van der Waals surface area contributed by atoms with Gasteiger partial charge in [0.2, 0.25) is 0 Å². The Labute approximate surface area is 148 Å². The molecule has 0 N–H and O–H groups in total. The van der Waals surface area contributed by atoms with Crippen LogP contribution in [0, 0.1) is 0 Å². The Bertz CT molecular complexity index is 264. The van der Waals surface area contributed by atoms with E-state index in [4.69, 9.17) is 23.2 Å². The molecule has 0 saturated heterocycles. The van der Waals surface area contributed by atoms with Crippen LogP contribution >= 0.6 is 68.4 Å². The number of rotatable bonds is 7. The molecule has 0 radical (unpaired) electrons. The number of hydrogen-bond donors (Lipinski definition) is 0. The summed E-state index contributed by atoms with van der Waals surface area (Å²) in [7, 11) is 0. The lowest BCUT2D eigenvalue weighted by atomic mass is 10.1. The van der Waals surface area contributed by atoms with Crippen LogP contribution in [-0.4, -0.2) is 8.86 Å². The molecule has 0 fully saturated rings. The van der Waals surface area contributed by atoms with E-state index in [0.717, 1.165) is 0 Å². The number of benzene rings is 1. The smallest absolute Gasteiger partial charge is 0.0592 e. The first kappa shape index (κ1) is 19.3. The monoisotopic (exact) mass is 512 g/mol. The lowest BCUT2D eigenvalue weighted by molar-refractivity contribution is 0.633. The van der Waals surface area contributed by atoms with E-state index in [1.54, 1.807) is 12.1 Å². The standard InChI is InChI=1S/C8H16I2.C6H4Cl2/c9-7-5-3-1-2-4-6-8-10;7-5-3-1-2-4-6(5)8/h1-8H2;1-4H. The highest BCUT2D eigenvalue weighted by Crippen LogP contribution is 2.19. The molecule has 104 valence electrons. The van der Waals surface area contributed by atoms with Crippen molar-refractivity contribution in [2.45, 2.75) is 38.5 Å². The molecule has 0 bridgehead atoms. The fraction of sp³-hybridized carbons (Fsp3) is 0.571. The van der Waals surface area contributed by atoms with E-state index < -0.39 is 0 Å². The van der Waals surface area contributed by atoms with Crippen molar-refractivity contribution >= 4 is 68.4 Å². The first-order valence-electron chi connectivity index (χ1n) is 6.24. The summed E-state index contributed by atoms with van der Waals surface area (Å²) in [6.45, 7) is 0. The Kier molecular flexibility index (Phi) is 15.7. The van der Waals surface area contributed by atoms with Gasteiger partial charge in [0.25, 0.3) is 0 Å². The summed E-state index contributed by atoms with van der Waals surface area (Å²) >= 11 is 16.1. The van der Waals surface area contributed by atoms with Crippen molar-refractivity contribution in [2.24, 2.45) is 0 Å². The lowest BCUT2D eigenvalue weighted by Gasteiger charge is -1.96. The highest BCUT2D eigenvalue weighted by molar-refractivity contribution is 14.1. The van der Waals surface area contributed by atoms with E-state index in [-0.39, 0.29) is 0 Å². The predicted molar refractivity (Wildman–Crippen MR) is 102 cm³/mol. The molecule has 0 aromatic heterocycles. The third kappa shape index (κ3) is 12.3. The first-order chi connectivity index (χ1) is 8.72. The molecule has 0 heterocycles. The van der Waals surface area contributed by atoms with Gasteiger partial charge >= 0.3 is 0 Å². The SMILES string of the molecule is Clc1ccccc1Cl.ICCCCCCCCI. The van der Waals surface area contributed by atoms with Gasteiger partial charge in [-0.15, -0.1) is 0 Å². The minimum atomic E-state index is 0.606. The van der Waals surface area contributed by atoms with Crippen LogP contribution < -0.4 is 0 Å². The van der Waals surface area contributed by atoms with Crippen LogP contribution in [0.25, 0.3) is 0 Å². The Morgan fingerprint density at radius 2 is 1.00 bits per heavy atom. The minimum Gasteiger partial charge on any atom is -0.0864 e. The number of alkyl halides is 2. The van der Waals surface area contributed by atoms with Gasteiger partial charge in [0, 0.05) is 0 Å². The van der Waals surface area contributed by atoms with Crippen LogP contribution in [-0.2, 0) is 0 Å². The highest BCUT2D eigenvalue weighted by Gasteiger charge is 1.89. The summed E-state index contributed by atoms with van der Waals surface area (Å²) in [5.74, 6) is 0. The molecule has 0 saturated carbocycles. The Morgan fingerprint density at radius 3 is 1.28 bits per heavy atom. The van der Waals surface area contributed by atoms with Gasteiger partial charge in [0.05, 0.1) is 10.0 Å². The van der Waals surface area contributed by atoms with Crippen LogP contribution in [0.5, 0.6) is 0 Å². The van der Waals surface area contributed by atoms with E-state index in [1.807, 2.05) is 12.1 Å². The summed E-state index contributed by atoms with van der Waals surface area (Å²) in [5.41, 5.74) is 0. The summed E-state index contributed by atoms with van der Waals surface area (Å²) in [6, 6.07) is 7.19. The van der Waals surface area contributed by atoms with Gasteiger partial charge in [-0.25, -0.2) is 0 Å². The van der Waals surface area contributed by atoms with Gasteiger partial charge in [0.15, 0.2) is 0 Å². The molecule has 18 heavy (non-hydrogen) atoms. The van der Waals surface area contributed by atoms with Gasteiger partial charge in [-0.1, -0.05) is 106 Å². The first-order valence-corrected chi connectivity index (χ1v) is 10.0. The zero-order valence-electron chi connectivity index (χ0n) is 10.5. The molecule has 0 aliphatic rings. The van der Waals surface area contributed by atoms with Crippen molar-refractivity contribution in [3.8, 4) is 0 Å². The number of hydrogen-bond acceptors (Lipinski definition) is 0. The maximum atomic E-state index is 5.58. The average Bonchev–Trinajstić information content (AvgIpc) is 2.38. The summed E-state index contributed by atoms with van der Waals surface area (Å²) in [5, 5.41) is 1.21. The van der Waals surface area contributed by atoms with E-state index in [1.165, 1.54) is 47.4 Å². The van der Waals surface area contributed by atoms with Gasteiger partial charge in [-0.2, -0.15) is 0 Å². The Hall–Kier alpha value is 1.26. The maximum Gasteiger partial charge on any atom is 0.0592 e. The zero-order chi connectivity index (χ0) is 13.6. The molecule has 0 aliphatic heterocycles. The van der Waals surface area contributed by atoms with E-state index in [2.05, 4.69) is 45.2 Å². The summed E-state index contributed by atoms with van der Waals surface area (Å²) < 4.78 is 2.67.